The van der Waals surface area contributed by atoms with Crippen molar-refractivity contribution in [2.45, 2.75) is 19.5 Å². The van der Waals surface area contributed by atoms with E-state index in [0.29, 0.717) is 17.3 Å². The van der Waals surface area contributed by atoms with Crippen LogP contribution in [0.4, 0.5) is 0 Å². The largest absolute Gasteiger partial charge is 0.496 e. The molecule has 0 N–H and O–H groups in total. The Bertz CT molecular complexity index is 924. The van der Waals surface area contributed by atoms with E-state index < -0.39 is 0 Å². The van der Waals surface area contributed by atoms with Crippen LogP contribution in [0.15, 0.2) is 54.7 Å². The molecule has 0 bridgehead atoms. The summed E-state index contributed by atoms with van der Waals surface area (Å²) in [6, 6.07) is 15.0. The molecule has 0 aliphatic heterocycles. The first kappa shape index (κ1) is 18.9. The molecule has 1 unspecified atom stereocenters. The first-order valence-corrected chi connectivity index (χ1v) is 8.92. The third-order valence-corrected chi connectivity index (χ3v) is 4.76. The van der Waals surface area contributed by atoms with E-state index in [1.54, 1.807) is 29.9 Å². The maximum atomic E-state index is 12.8. The highest BCUT2D eigenvalue weighted by Crippen LogP contribution is 2.28. The Balaban J connectivity index is 1.73. The van der Waals surface area contributed by atoms with Gasteiger partial charge in [-0.1, -0.05) is 47.1 Å². The van der Waals surface area contributed by atoms with E-state index in [-0.39, 0.29) is 11.9 Å². The number of hydrogen-bond donors (Lipinski definition) is 0. The molecule has 7 heteroatoms. The molecule has 0 radical (unpaired) electrons. The summed E-state index contributed by atoms with van der Waals surface area (Å²) < 4.78 is 7.04. The van der Waals surface area contributed by atoms with Gasteiger partial charge < -0.3 is 9.64 Å². The van der Waals surface area contributed by atoms with E-state index in [9.17, 15) is 4.79 Å². The second-order valence-corrected chi connectivity index (χ2v) is 6.70. The van der Waals surface area contributed by atoms with Gasteiger partial charge in [-0.2, -0.15) is 0 Å². The topological polar surface area (TPSA) is 60.2 Å². The lowest BCUT2D eigenvalue weighted by molar-refractivity contribution is 0.0735. The predicted octanol–water partition coefficient (Wildman–Crippen LogP) is 3.82. The number of carbonyl (C=O) groups excluding carboxylic acids is 1. The van der Waals surface area contributed by atoms with Crippen molar-refractivity contribution in [3.63, 3.8) is 0 Å². The molecule has 0 saturated carbocycles. The zero-order valence-corrected chi connectivity index (χ0v) is 16.2. The minimum atomic E-state index is -0.198. The molecule has 1 amide bonds. The van der Waals surface area contributed by atoms with Gasteiger partial charge in [-0.05, 0) is 30.7 Å². The Morgan fingerprint density at radius 1 is 1.22 bits per heavy atom. The summed E-state index contributed by atoms with van der Waals surface area (Å²) in [5, 5.41) is 8.78. The standard InChI is InChI=1S/C20H21ClN4O2/c1-14(17-6-4-5-7-19(17)27-3)24(2)20(26)18-13-25(23-22-18)12-15-8-10-16(21)11-9-15/h4-11,13-14H,12H2,1-3H3. The summed E-state index contributed by atoms with van der Waals surface area (Å²) in [4.78, 5) is 14.5. The number of amides is 1. The third-order valence-electron chi connectivity index (χ3n) is 4.51. The molecule has 0 aliphatic rings. The van der Waals surface area contributed by atoms with Crippen molar-refractivity contribution in [2.24, 2.45) is 0 Å². The smallest absolute Gasteiger partial charge is 0.276 e. The van der Waals surface area contributed by atoms with Crippen LogP contribution in [-0.4, -0.2) is 40.0 Å². The number of rotatable bonds is 6. The summed E-state index contributed by atoms with van der Waals surface area (Å²) in [5.41, 5.74) is 2.26. The molecule has 3 aromatic rings. The van der Waals surface area contributed by atoms with E-state index in [0.717, 1.165) is 16.9 Å². The van der Waals surface area contributed by atoms with Gasteiger partial charge in [0.25, 0.3) is 5.91 Å². The van der Waals surface area contributed by atoms with Crippen molar-refractivity contribution in [1.29, 1.82) is 0 Å². The molecule has 0 aliphatic carbocycles. The van der Waals surface area contributed by atoms with Crippen LogP contribution in [0.3, 0.4) is 0 Å². The molecule has 27 heavy (non-hydrogen) atoms. The molecule has 0 fully saturated rings. The highest BCUT2D eigenvalue weighted by molar-refractivity contribution is 6.30. The molecule has 3 rings (SSSR count). The van der Waals surface area contributed by atoms with Gasteiger partial charge in [0.2, 0.25) is 0 Å². The predicted molar refractivity (Wildman–Crippen MR) is 104 cm³/mol. The first-order valence-electron chi connectivity index (χ1n) is 8.54. The van der Waals surface area contributed by atoms with Crippen molar-refractivity contribution in [1.82, 2.24) is 19.9 Å². The van der Waals surface area contributed by atoms with Gasteiger partial charge in [0.05, 0.1) is 25.9 Å². The molecule has 1 heterocycles. The van der Waals surface area contributed by atoms with Crippen LogP contribution >= 0.6 is 11.6 Å². The summed E-state index contributed by atoms with van der Waals surface area (Å²) >= 11 is 5.90. The second kappa shape index (κ2) is 8.22. The fraction of sp³-hybridized carbons (Fsp3) is 0.250. The lowest BCUT2D eigenvalue weighted by atomic mass is 10.1. The van der Waals surface area contributed by atoms with E-state index in [2.05, 4.69) is 10.3 Å². The number of benzene rings is 2. The van der Waals surface area contributed by atoms with Crippen molar-refractivity contribution in [3.8, 4) is 5.75 Å². The number of aromatic nitrogens is 3. The molecule has 2 aromatic carbocycles. The number of halogens is 1. The van der Waals surface area contributed by atoms with Gasteiger partial charge in [-0.25, -0.2) is 4.68 Å². The summed E-state index contributed by atoms with van der Waals surface area (Å²) in [6.45, 7) is 2.47. The Labute approximate surface area is 163 Å². The zero-order valence-electron chi connectivity index (χ0n) is 15.5. The van der Waals surface area contributed by atoms with Gasteiger partial charge in [0.1, 0.15) is 5.75 Å². The fourth-order valence-corrected chi connectivity index (χ4v) is 2.95. The summed E-state index contributed by atoms with van der Waals surface area (Å²) in [5.74, 6) is 0.548. The van der Waals surface area contributed by atoms with Crippen molar-refractivity contribution < 1.29 is 9.53 Å². The van der Waals surface area contributed by atoms with E-state index in [1.165, 1.54) is 0 Å². The maximum absolute atomic E-state index is 12.8. The monoisotopic (exact) mass is 384 g/mol. The third kappa shape index (κ3) is 4.28. The molecule has 140 valence electrons. The average Bonchev–Trinajstić information content (AvgIpc) is 3.16. The highest BCUT2D eigenvalue weighted by atomic mass is 35.5. The number of nitrogens with zero attached hydrogens (tertiary/aromatic N) is 4. The Morgan fingerprint density at radius 2 is 1.93 bits per heavy atom. The average molecular weight is 385 g/mol. The van der Waals surface area contributed by atoms with E-state index in [1.807, 2.05) is 55.5 Å². The van der Waals surface area contributed by atoms with Gasteiger partial charge in [-0.15, -0.1) is 5.10 Å². The summed E-state index contributed by atoms with van der Waals surface area (Å²) in [7, 11) is 3.37. The van der Waals surface area contributed by atoms with Gasteiger partial charge in [0, 0.05) is 17.6 Å². The molecule has 6 nitrogen and oxygen atoms in total. The Hall–Kier alpha value is -2.86. The van der Waals surface area contributed by atoms with Crippen molar-refractivity contribution in [2.75, 3.05) is 14.2 Å². The number of ether oxygens (including phenoxy) is 1. The number of hydrogen-bond acceptors (Lipinski definition) is 4. The van der Waals surface area contributed by atoms with Crippen LogP contribution in [0, 0.1) is 0 Å². The molecule has 1 atom stereocenters. The quantitative estimate of drug-likeness (QED) is 0.648. The van der Waals surface area contributed by atoms with Crippen LogP contribution in [0.5, 0.6) is 5.75 Å². The summed E-state index contributed by atoms with van der Waals surface area (Å²) in [6.07, 6.45) is 1.66. The van der Waals surface area contributed by atoms with Gasteiger partial charge in [-0.3, -0.25) is 4.79 Å². The SMILES string of the molecule is COc1ccccc1C(C)N(C)C(=O)c1cn(Cc2ccc(Cl)cc2)nn1. The van der Waals surface area contributed by atoms with Crippen LogP contribution in [0.25, 0.3) is 0 Å². The van der Waals surface area contributed by atoms with E-state index >= 15 is 0 Å². The first-order chi connectivity index (χ1) is 13.0. The number of carbonyl (C=O) groups is 1. The van der Waals surface area contributed by atoms with Crippen LogP contribution in [0.2, 0.25) is 5.02 Å². The van der Waals surface area contributed by atoms with Crippen LogP contribution in [-0.2, 0) is 6.54 Å². The highest BCUT2D eigenvalue weighted by Gasteiger charge is 2.23. The second-order valence-electron chi connectivity index (χ2n) is 6.26. The number of para-hydroxylation sites is 1. The lowest BCUT2D eigenvalue weighted by Gasteiger charge is -2.25. The van der Waals surface area contributed by atoms with Crippen molar-refractivity contribution in [3.05, 3.63) is 76.6 Å². The maximum Gasteiger partial charge on any atom is 0.276 e. The Morgan fingerprint density at radius 3 is 2.63 bits per heavy atom. The van der Waals surface area contributed by atoms with Crippen LogP contribution < -0.4 is 4.74 Å². The molecule has 1 aromatic heterocycles. The van der Waals surface area contributed by atoms with E-state index in [4.69, 9.17) is 16.3 Å². The molecule has 0 spiro atoms. The molecular formula is C20H21ClN4O2. The normalized spacial score (nSPS) is 11.9. The Kier molecular flexibility index (Phi) is 5.76. The minimum Gasteiger partial charge on any atom is -0.496 e. The van der Waals surface area contributed by atoms with Crippen LogP contribution in [0.1, 0.15) is 34.6 Å². The lowest BCUT2D eigenvalue weighted by Crippen LogP contribution is -2.30. The van der Waals surface area contributed by atoms with Gasteiger partial charge in [0.15, 0.2) is 5.69 Å². The zero-order chi connectivity index (χ0) is 19.4. The molecule has 0 saturated heterocycles. The minimum absolute atomic E-state index is 0.171. The number of methoxy groups -OCH3 is 1. The van der Waals surface area contributed by atoms with Crippen molar-refractivity contribution >= 4 is 17.5 Å². The van der Waals surface area contributed by atoms with Gasteiger partial charge >= 0.3 is 0 Å². The molecular weight excluding hydrogens is 364 g/mol. The fourth-order valence-electron chi connectivity index (χ4n) is 2.83.